The second-order valence-electron chi connectivity index (χ2n) is 4.79. The molecule has 0 N–H and O–H groups in total. The summed E-state index contributed by atoms with van der Waals surface area (Å²) in [5.41, 5.74) is 0. The van der Waals surface area contributed by atoms with Gasteiger partial charge in [-0.25, -0.2) is 4.98 Å². The van der Waals surface area contributed by atoms with Crippen LogP contribution >= 0.6 is 0 Å². The maximum Gasteiger partial charge on any atom is 0.392 e. The van der Waals surface area contributed by atoms with Gasteiger partial charge in [0.1, 0.15) is 5.82 Å². The van der Waals surface area contributed by atoms with Crippen LogP contribution in [0.5, 0.6) is 0 Å². The summed E-state index contributed by atoms with van der Waals surface area (Å²) in [6, 6.07) is 0. The maximum absolute atomic E-state index is 12.5. The lowest BCUT2D eigenvalue weighted by Gasteiger charge is -2.36. The van der Waals surface area contributed by atoms with Crippen LogP contribution in [-0.4, -0.2) is 53.8 Å². The van der Waals surface area contributed by atoms with Gasteiger partial charge in [-0.1, -0.05) is 6.92 Å². The van der Waals surface area contributed by atoms with Crippen molar-refractivity contribution >= 4 is 5.82 Å². The van der Waals surface area contributed by atoms with E-state index in [4.69, 9.17) is 0 Å². The van der Waals surface area contributed by atoms with Gasteiger partial charge in [-0.05, 0) is 0 Å². The molecule has 0 spiro atoms. The molecule has 0 radical (unpaired) electrons. The number of anilines is 1. The van der Waals surface area contributed by atoms with Crippen molar-refractivity contribution in [2.24, 2.45) is 5.92 Å². The molecule has 2 rings (SSSR count). The average Bonchev–Trinajstić information content (AvgIpc) is 2.39. The van der Waals surface area contributed by atoms with E-state index in [-0.39, 0.29) is 6.54 Å². The minimum atomic E-state index is -4.11. The highest BCUT2D eigenvalue weighted by atomic mass is 19.4. The molecule has 0 bridgehead atoms. The molecule has 0 saturated carbocycles. The first-order valence-electron chi connectivity index (χ1n) is 6.27. The van der Waals surface area contributed by atoms with Crippen LogP contribution in [-0.2, 0) is 0 Å². The van der Waals surface area contributed by atoms with Crippen molar-refractivity contribution in [2.75, 3.05) is 37.6 Å². The fraction of sp³-hybridized carbons (Fsp3) is 0.667. The zero-order chi connectivity index (χ0) is 13.9. The third kappa shape index (κ3) is 3.79. The van der Waals surface area contributed by atoms with E-state index in [0.717, 1.165) is 5.82 Å². The first kappa shape index (κ1) is 14.0. The Morgan fingerprint density at radius 3 is 2.42 bits per heavy atom. The van der Waals surface area contributed by atoms with Gasteiger partial charge in [-0.2, -0.15) is 13.2 Å². The second kappa shape index (κ2) is 5.73. The lowest BCUT2D eigenvalue weighted by molar-refractivity contribution is -0.174. The summed E-state index contributed by atoms with van der Waals surface area (Å²) in [5.74, 6) is -0.499. The molecule has 2 heterocycles. The molecule has 1 saturated heterocycles. The Kier molecular flexibility index (Phi) is 4.24. The number of hydrogen-bond donors (Lipinski definition) is 0. The Balaban J connectivity index is 1.83. The molecule has 1 aliphatic rings. The lowest BCUT2D eigenvalue weighted by Crippen LogP contribution is -2.49. The molecule has 1 aromatic heterocycles. The molecule has 1 aromatic rings. The van der Waals surface area contributed by atoms with Gasteiger partial charge in [0.15, 0.2) is 0 Å². The van der Waals surface area contributed by atoms with Crippen molar-refractivity contribution in [3.8, 4) is 0 Å². The largest absolute Gasteiger partial charge is 0.392 e. The minimum absolute atomic E-state index is 0.0673. The van der Waals surface area contributed by atoms with E-state index >= 15 is 0 Å². The number of hydrogen-bond acceptors (Lipinski definition) is 4. The molecule has 0 amide bonds. The molecule has 0 unspecified atom stereocenters. The van der Waals surface area contributed by atoms with Crippen LogP contribution in [0.2, 0.25) is 0 Å². The van der Waals surface area contributed by atoms with E-state index in [1.54, 1.807) is 18.6 Å². The van der Waals surface area contributed by atoms with Crippen molar-refractivity contribution in [3.05, 3.63) is 18.6 Å². The Labute approximate surface area is 110 Å². The Hall–Kier alpha value is -1.37. The lowest BCUT2D eigenvalue weighted by atomic mass is 10.1. The van der Waals surface area contributed by atoms with Gasteiger partial charge in [-0.15, -0.1) is 0 Å². The van der Waals surface area contributed by atoms with E-state index in [0.29, 0.717) is 26.2 Å². The predicted molar refractivity (Wildman–Crippen MR) is 65.9 cm³/mol. The summed E-state index contributed by atoms with van der Waals surface area (Å²) < 4.78 is 37.5. The van der Waals surface area contributed by atoms with Crippen LogP contribution in [0.1, 0.15) is 6.92 Å². The fourth-order valence-electron chi connectivity index (χ4n) is 2.10. The number of alkyl halides is 3. The van der Waals surface area contributed by atoms with E-state index in [2.05, 4.69) is 9.97 Å². The van der Waals surface area contributed by atoms with E-state index in [1.807, 2.05) is 9.80 Å². The highest BCUT2D eigenvalue weighted by molar-refractivity contribution is 5.35. The van der Waals surface area contributed by atoms with Gasteiger partial charge in [0.25, 0.3) is 0 Å². The Bertz CT molecular complexity index is 388. The van der Waals surface area contributed by atoms with E-state index in [1.165, 1.54) is 6.92 Å². The van der Waals surface area contributed by atoms with Gasteiger partial charge >= 0.3 is 6.18 Å². The first-order chi connectivity index (χ1) is 8.97. The quantitative estimate of drug-likeness (QED) is 0.841. The summed E-state index contributed by atoms with van der Waals surface area (Å²) in [7, 11) is 0. The van der Waals surface area contributed by atoms with Crippen LogP contribution < -0.4 is 4.90 Å². The monoisotopic (exact) mass is 274 g/mol. The zero-order valence-corrected chi connectivity index (χ0v) is 10.8. The van der Waals surface area contributed by atoms with Crippen LogP contribution in [0.15, 0.2) is 18.6 Å². The van der Waals surface area contributed by atoms with E-state index in [9.17, 15) is 13.2 Å². The van der Waals surface area contributed by atoms with Crippen molar-refractivity contribution < 1.29 is 13.2 Å². The van der Waals surface area contributed by atoms with Crippen LogP contribution in [0.25, 0.3) is 0 Å². The van der Waals surface area contributed by atoms with Gasteiger partial charge in [-0.3, -0.25) is 9.88 Å². The third-order valence-electron chi connectivity index (χ3n) is 3.34. The SMILES string of the molecule is C[C@@H](CN1CCN(c2cnccn2)CC1)C(F)(F)F. The smallest absolute Gasteiger partial charge is 0.353 e. The highest BCUT2D eigenvalue weighted by Crippen LogP contribution is 2.26. The first-order valence-corrected chi connectivity index (χ1v) is 6.27. The average molecular weight is 274 g/mol. The van der Waals surface area contributed by atoms with Crippen molar-refractivity contribution in [1.82, 2.24) is 14.9 Å². The normalized spacial score (nSPS) is 19.5. The molecule has 1 aliphatic heterocycles. The summed E-state index contributed by atoms with van der Waals surface area (Å²) in [6.45, 7) is 3.91. The molecule has 4 nitrogen and oxygen atoms in total. The molecule has 1 fully saturated rings. The van der Waals surface area contributed by atoms with Gasteiger partial charge in [0, 0.05) is 45.1 Å². The minimum Gasteiger partial charge on any atom is -0.353 e. The molecule has 1 atom stereocenters. The number of piperazine rings is 1. The molecular weight excluding hydrogens is 257 g/mol. The molecular formula is C12H17F3N4. The van der Waals surface area contributed by atoms with E-state index < -0.39 is 12.1 Å². The van der Waals surface area contributed by atoms with Gasteiger partial charge in [0.05, 0.1) is 12.1 Å². The number of rotatable bonds is 3. The maximum atomic E-state index is 12.5. The molecule has 0 aromatic carbocycles. The van der Waals surface area contributed by atoms with Gasteiger partial charge in [0.2, 0.25) is 0 Å². The Morgan fingerprint density at radius 2 is 1.89 bits per heavy atom. The van der Waals surface area contributed by atoms with Crippen LogP contribution in [0.4, 0.5) is 19.0 Å². The van der Waals surface area contributed by atoms with Crippen LogP contribution in [0.3, 0.4) is 0 Å². The predicted octanol–water partition coefficient (Wildman–Crippen LogP) is 1.80. The number of aromatic nitrogens is 2. The van der Waals surface area contributed by atoms with Crippen LogP contribution in [0, 0.1) is 5.92 Å². The summed E-state index contributed by atoms with van der Waals surface area (Å²) >= 11 is 0. The summed E-state index contributed by atoms with van der Waals surface area (Å²) in [6.07, 6.45) is 0.786. The van der Waals surface area contributed by atoms with Crippen molar-refractivity contribution in [3.63, 3.8) is 0 Å². The number of nitrogens with zero attached hydrogens (tertiary/aromatic N) is 4. The third-order valence-corrected chi connectivity index (χ3v) is 3.34. The topological polar surface area (TPSA) is 32.3 Å². The van der Waals surface area contributed by atoms with Crippen molar-refractivity contribution in [1.29, 1.82) is 0 Å². The highest BCUT2D eigenvalue weighted by Gasteiger charge is 2.37. The summed E-state index contributed by atoms with van der Waals surface area (Å²) in [4.78, 5) is 12.1. The zero-order valence-electron chi connectivity index (χ0n) is 10.8. The molecule has 7 heteroatoms. The molecule has 19 heavy (non-hydrogen) atoms. The molecule has 106 valence electrons. The van der Waals surface area contributed by atoms with Crippen molar-refractivity contribution in [2.45, 2.75) is 13.1 Å². The standard InChI is InChI=1S/C12H17F3N4/c1-10(12(13,14)15)9-18-4-6-19(7-5-18)11-8-16-2-3-17-11/h2-3,8,10H,4-7,9H2,1H3/t10-/m0/s1. The second-order valence-corrected chi connectivity index (χ2v) is 4.79. The number of halogens is 3. The Morgan fingerprint density at radius 1 is 1.21 bits per heavy atom. The fourth-order valence-corrected chi connectivity index (χ4v) is 2.10. The molecule has 0 aliphatic carbocycles. The summed E-state index contributed by atoms with van der Waals surface area (Å²) in [5, 5.41) is 0. The van der Waals surface area contributed by atoms with Gasteiger partial charge < -0.3 is 4.90 Å².